The molecule has 2 rings (SSSR count). The minimum Gasteiger partial charge on any atom is -0.508 e. The van der Waals surface area contributed by atoms with Gasteiger partial charge in [0, 0.05) is 26.2 Å². The summed E-state index contributed by atoms with van der Waals surface area (Å²) in [7, 11) is 0. The lowest BCUT2D eigenvalue weighted by molar-refractivity contribution is 0.475. The van der Waals surface area contributed by atoms with Crippen LogP contribution in [0.5, 0.6) is 5.75 Å². The summed E-state index contributed by atoms with van der Waals surface area (Å²) < 4.78 is 0. The Morgan fingerprint density at radius 2 is 1.50 bits per heavy atom. The summed E-state index contributed by atoms with van der Waals surface area (Å²) in [4.78, 5) is 0. The third-order valence-corrected chi connectivity index (χ3v) is 3.05. The molecule has 0 aliphatic rings. The second kappa shape index (κ2) is 4.54. The minimum atomic E-state index is 0.144. The van der Waals surface area contributed by atoms with Crippen molar-refractivity contribution in [3.8, 4) is 16.9 Å². The van der Waals surface area contributed by atoms with Crippen LogP contribution in [0.15, 0.2) is 36.4 Å². The highest BCUT2D eigenvalue weighted by Crippen LogP contribution is 2.36. The fraction of sp³-hybridized carbons (Fsp3) is 0. The van der Waals surface area contributed by atoms with Crippen molar-refractivity contribution < 1.29 is 5.11 Å². The van der Waals surface area contributed by atoms with E-state index in [9.17, 15) is 5.11 Å². The van der Waals surface area contributed by atoms with E-state index in [-0.39, 0.29) is 5.75 Å². The summed E-state index contributed by atoms with van der Waals surface area (Å²) in [5.74, 6) is 0.144. The highest BCUT2D eigenvalue weighted by molar-refractivity contribution is 6.38. The van der Waals surface area contributed by atoms with Crippen molar-refractivity contribution in [2.75, 3.05) is 0 Å². The van der Waals surface area contributed by atoms with E-state index in [1.54, 1.807) is 30.3 Å². The van der Waals surface area contributed by atoms with Gasteiger partial charge in [0.05, 0.1) is 0 Å². The van der Waals surface area contributed by atoms with Crippen molar-refractivity contribution in [3.63, 3.8) is 0 Å². The van der Waals surface area contributed by atoms with E-state index >= 15 is 0 Å². The molecule has 82 valence electrons. The highest BCUT2D eigenvalue weighted by atomic mass is 35.5. The van der Waals surface area contributed by atoms with Crippen LogP contribution in [-0.2, 0) is 0 Å². The Kier molecular flexibility index (Phi) is 3.29. The van der Waals surface area contributed by atoms with Gasteiger partial charge in [-0.2, -0.15) is 0 Å². The first kappa shape index (κ1) is 11.6. The van der Waals surface area contributed by atoms with Gasteiger partial charge >= 0.3 is 0 Å². The molecule has 0 spiro atoms. The normalized spacial score (nSPS) is 10.4. The molecule has 0 bridgehead atoms. The quantitative estimate of drug-likeness (QED) is 0.773. The average molecular weight is 274 g/mol. The van der Waals surface area contributed by atoms with Gasteiger partial charge in [-0.1, -0.05) is 40.9 Å². The SMILES string of the molecule is Oc1ccc(Cl)c(-c2ccc(Cl)cc2Cl)c1. The number of hydrogen-bond donors (Lipinski definition) is 1. The van der Waals surface area contributed by atoms with Gasteiger partial charge in [-0.25, -0.2) is 0 Å². The number of halogens is 3. The Labute approximate surface area is 108 Å². The summed E-state index contributed by atoms with van der Waals surface area (Å²) >= 11 is 17.9. The van der Waals surface area contributed by atoms with Gasteiger partial charge in [0.25, 0.3) is 0 Å². The van der Waals surface area contributed by atoms with Crippen LogP contribution in [0, 0.1) is 0 Å². The highest BCUT2D eigenvalue weighted by Gasteiger charge is 2.08. The van der Waals surface area contributed by atoms with Crippen LogP contribution < -0.4 is 0 Å². The average Bonchev–Trinajstić information content (AvgIpc) is 2.22. The molecule has 0 saturated carbocycles. The van der Waals surface area contributed by atoms with Gasteiger partial charge in [-0.05, 0) is 30.3 Å². The molecule has 1 N–H and O–H groups in total. The van der Waals surface area contributed by atoms with E-state index in [1.165, 1.54) is 6.07 Å². The second-order valence-corrected chi connectivity index (χ2v) is 4.54. The molecule has 2 aromatic rings. The number of phenolic OH excluding ortho intramolecular Hbond substituents is 1. The third kappa shape index (κ3) is 2.27. The molecule has 0 saturated heterocycles. The molecule has 0 amide bonds. The summed E-state index contributed by atoms with van der Waals surface area (Å²) in [5.41, 5.74) is 1.43. The zero-order valence-electron chi connectivity index (χ0n) is 8.05. The number of hydrogen-bond acceptors (Lipinski definition) is 1. The fourth-order valence-electron chi connectivity index (χ4n) is 1.43. The third-order valence-electron chi connectivity index (χ3n) is 2.17. The van der Waals surface area contributed by atoms with Crippen molar-refractivity contribution >= 4 is 34.8 Å². The molecule has 0 fully saturated rings. The predicted octanol–water partition coefficient (Wildman–Crippen LogP) is 5.02. The van der Waals surface area contributed by atoms with Crippen LogP contribution in [0.25, 0.3) is 11.1 Å². The van der Waals surface area contributed by atoms with Crippen molar-refractivity contribution in [3.05, 3.63) is 51.5 Å². The molecule has 2 aromatic carbocycles. The Balaban J connectivity index is 2.62. The Hall–Kier alpha value is -0.890. The number of rotatable bonds is 1. The van der Waals surface area contributed by atoms with Gasteiger partial charge in [-0.15, -0.1) is 0 Å². The number of benzene rings is 2. The molecule has 0 aliphatic heterocycles. The summed E-state index contributed by atoms with van der Waals surface area (Å²) in [5, 5.41) is 11.0. The van der Waals surface area contributed by atoms with Crippen molar-refractivity contribution in [1.29, 1.82) is 0 Å². The number of aromatic hydroxyl groups is 1. The smallest absolute Gasteiger partial charge is 0.116 e. The molecule has 0 aromatic heterocycles. The monoisotopic (exact) mass is 272 g/mol. The molecule has 4 heteroatoms. The lowest BCUT2D eigenvalue weighted by atomic mass is 10.1. The Morgan fingerprint density at radius 1 is 0.750 bits per heavy atom. The Bertz CT molecular complexity index is 538. The molecule has 0 unspecified atom stereocenters. The van der Waals surface area contributed by atoms with Crippen LogP contribution in [0.3, 0.4) is 0 Å². The van der Waals surface area contributed by atoms with E-state index in [2.05, 4.69) is 0 Å². The van der Waals surface area contributed by atoms with E-state index in [0.29, 0.717) is 20.6 Å². The molecular formula is C12H7Cl3O. The van der Waals surface area contributed by atoms with Crippen molar-refractivity contribution in [2.45, 2.75) is 0 Å². The maximum atomic E-state index is 9.42. The lowest BCUT2D eigenvalue weighted by Gasteiger charge is -2.07. The maximum absolute atomic E-state index is 9.42. The van der Waals surface area contributed by atoms with Crippen molar-refractivity contribution in [2.24, 2.45) is 0 Å². The summed E-state index contributed by atoms with van der Waals surface area (Å²) in [6, 6.07) is 9.84. The van der Waals surface area contributed by atoms with Gasteiger partial charge in [0.15, 0.2) is 0 Å². The van der Waals surface area contributed by atoms with Gasteiger partial charge in [0.1, 0.15) is 5.75 Å². The molecule has 1 nitrogen and oxygen atoms in total. The number of phenols is 1. The first-order valence-corrected chi connectivity index (χ1v) is 5.65. The molecule has 0 aliphatic carbocycles. The molecule has 0 radical (unpaired) electrons. The topological polar surface area (TPSA) is 20.2 Å². The van der Waals surface area contributed by atoms with Crippen LogP contribution in [0.1, 0.15) is 0 Å². The van der Waals surface area contributed by atoms with Crippen LogP contribution >= 0.6 is 34.8 Å². The van der Waals surface area contributed by atoms with Gasteiger partial charge in [0.2, 0.25) is 0 Å². The first-order chi connectivity index (χ1) is 7.58. The zero-order valence-corrected chi connectivity index (χ0v) is 10.3. The molecular weight excluding hydrogens is 266 g/mol. The second-order valence-electron chi connectivity index (χ2n) is 3.29. The minimum absolute atomic E-state index is 0.144. The van der Waals surface area contributed by atoms with Crippen LogP contribution in [0.2, 0.25) is 15.1 Å². The molecule has 16 heavy (non-hydrogen) atoms. The maximum Gasteiger partial charge on any atom is 0.116 e. The van der Waals surface area contributed by atoms with Crippen LogP contribution in [0.4, 0.5) is 0 Å². The molecule has 0 heterocycles. The molecule has 0 atom stereocenters. The van der Waals surface area contributed by atoms with Crippen LogP contribution in [-0.4, -0.2) is 5.11 Å². The first-order valence-electron chi connectivity index (χ1n) is 4.52. The summed E-state index contributed by atoms with van der Waals surface area (Å²) in [6.45, 7) is 0. The Morgan fingerprint density at radius 3 is 2.19 bits per heavy atom. The van der Waals surface area contributed by atoms with Gasteiger partial charge < -0.3 is 5.11 Å². The van der Waals surface area contributed by atoms with E-state index < -0.39 is 0 Å². The zero-order chi connectivity index (χ0) is 11.7. The largest absolute Gasteiger partial charge is 0.508 e. The van der Waals surface area contributed by atoms with E-state index in [1.807, 2.05) is 0 Å². The summed E-state index contributed by atoms with van der Waals surface area (Å²) in [6.07, 6.45) is 0. The predicted molar refractivity (Wildman–Crippen MR) is 68.6 cm³/mol. The standard InChI is InChI=1S/C12H7Cl3O/c13-7-1-3-9(12(15)5-7)10-6-8(16)2-4-11(10)14/h1-6,16H. The lowest BCUT2D eigenvalue weighted by Crippen LogP contribution is -1.81. The van der Waals surface area contributed by atoms with Crippen molar-refractivity contribution in [1.82, 2.24) is 0 Å². The van der Waals surface area contributed by atoms with Gasteiger partial charge in [-0.3, -0.25) is 0 Å². The van der Waals surface area contributed by atoms with E-state index in [4.69, 9.17) is 34.8 Å². The van der Waals surface area contributed by atoms with E-state index in [0.717, 1.165) is 5.56 Å². The fourth-order valence-corrected chi connectivity index (χ4v) is 2.16.